The fourth-order valence-electron chi connectivity index (χ4n) is 1.13. The fraction of sp³-hybridized carbons (Fsp3) is 0.273. The molecule has 82 valence electrons. The van der Waals surface area contributed by atoms with Crippen LogP contribution in [0.4, 0.5) is 4.39 Å². The zero-order chi connectivity index (χ0) is 11.4. The Morgan fingerprint density at radius 1 is 1.67 bits per heavy atom. The van der Waals surface area contributed by atoms with Crippen LogP contribution in [0.5, 0.6) is 5.75 Å². The Morgan fingerprint density at radius 2 is 2.33 bits per heavy atom. The first-order valence-corrected chi connectivity index (χ1v) is 5.23. The summed E-state index contributed by atoms with van der Waals surface area (Å²) < 4.78 is 18.9. The predicted molar refractivity (Wildman–Crippen MR) is 60.6 cm³/mol. The summed E-state index contributed by atoms with van der Waals surface area (Å²) in [6.07, 6.45) is -0.691. The van der Waals surface area contributed by atoms with Gasteiger partial charge in [0.1, 0.15) is 18.2 Å². The fourth-order valence-corrected chi connectivity index (χ4v) is 1.25. The third-order valence-electron chi connectivity index (χ3n) is 1.81. The van der Waals surface area contributed by atoms with Crippen LogP contribution >= 0.6 is 15.9 Å². The van der Waals surface area contributed by atoms with Crippen LogP contribution in [0.25, 0.3) is 0 Å². The van der Waals surface area contributed by atoms with Gasteiger partial charge in [-0.2, -0.15) is 0 Å². The van der Waals surface area contributed by atoms with E-state index in [1.165, 1.54) is 18.2 Å². The molecule has 0 aliphatic heterocycles. The second-order valence-electron chi connectivity index (χ2n) is 3.16. The number of hydrogen-bond donors (Lipinski definition) is 1. The molecular formula is C11H12BrFO2. The highest BCUT2D eigenvalue weighted by atomic mass is 79.9. The maximum absolute atomic E-state index is 12.9. The number of halogens is 2. The van der Waals surface area contributed by atoms with Crippen molar-refractivity contribution in [1.29, 1.82) is 0 Å². The Balaban J connectivity index is 2.91. The number of aliphatic hydroxyl groups excluding tert-OH is 1. The molecule has 0 aromatic heterocycles. The van der Waals surface area contributed by atoms with Crippen molar-refractivity contribution in [2.24, 2.45) is 0 Å². The molecule has 1 rings (SSSR count). The minimum absolute atomic E-state index is 0.239. The highest BCUT2D eigenvalue weighted by Crippen LogP contribution is 2.26. The maximum Gasteiger partial charge on any atom is 0.128 e. The van der Waals surface area contributed by atoms with E-state index in [9.17, 15) is 9.50 Å². The van der Waals surface area contributed by atoms with Crippen molar-refractivity contribution in [3.63, 3.8) is 0 Å². The molecular weight excluding hydrogens is 263 g/mol. The lowest BCUT2D eigenvalue weighted by Gasteiger charge is -2.12. The molecule has 1 N–H and O–H groups in total. The van der Waals surface area contributed by atoms with Crippen LogP contribution in [0.3, 0.4) is 0 Å². The number of rotatable bonds is 4. The third kappa shape index (κ3) is 3.64. The van der Waals surface area contributed by atoms with Gasteiger partial charge in [0, 0.05) is 16.1 Å². The molecule has 0 saturated carbocycles. The Morgan fingerprint density at radius 3 is 2.87 bits per heavy atom. The molecule has 0 aliphatic rings. The van der Waals surface area contributed by atoms with Crippen LogP contribution < -0.4 is 4.74 Å². The van der Waals surface area contributed by atoms with Gasteiger partial charge in [-0.25, -0.2) is 4.39 Å². The largest absolute Gasteiger partial charge is 0.488 e. The Bertz CT molecular complexity index is 364. The highest BCUT2D eigenvalue weighted by molar-refractivity contribution is 9.11. The zero-order valence-corrected chi connectivity index (χ0v) is 9.92. The predicted octanol–water partition coefficient (Wildman–Crippen LogP) is 3.17. The highest BCUT2D eigenvalue weighted by Gasteiger charge is 2.10. The molecule has 1 aromatic rings. The van der Waals surface area contributed by atoms with Gasteiger partial charge in [-0.05, 0) is 19.1 Å². The van der Waals surface area contributed by atoms with Crippen LogP contribution in [0, 0.1) is 5.82 Å². The summed E-state index contributed by atoms with van der Waals surface area (Å²) in [7, 11) is 0. The van der Waals surface area contributed by atoms with Crippen molar-refractivity contribution in [1.82, 2.24) is 0 Å². The molecule has 0 heterocycles. The van der Waals surface area contributed by atoms with E-state index in [0.29, 0.717) is 15.8 Å². The molecule has 0 spiro atoms. The molecule has 15 heavy (non-hydrogen) atoms. The molecule has 2 nitrogen and oxygen atoms in total. The smallest absolute Gasteiger partial charge is 0.128 e. The lowest BCUT2D eigenvalue weighted by molar-refractivity contribution is 0.192. The van der Waals surface area contributed by atoms with E-state index in [1.54, 1.807) is 6.92 Å². The lowest BCUT2D eigenvalue weighted by atomic mass is 10.1. The molecule has 0 amide bonds. The van der Waals surface area contributed by atoms with E-state index in [-0.39, 0.29) is 6.61 Å². The molecule has 0 aliphatic carbocycles. The van der Waals surface area contributed by atoms with E-state index in [0.717, 1.165) is 0 Å². The molecule has 0 radical (unpaired) electrons. The van der Waals surface area contributed by atoms with Gasteiger partial charge in [-0.15, -0.1) is 0 Å². The summed E-state index contributed by atoms with van der Waals surface area (Å²) in [5.41, 5.74) is 0.560. The van der Waals surface area contributed by atoms with E-state index in [1.807, 2.05) is 0 Å². The quantitative estimate of drug-likeness (QED) is 0.914. The number of ether oxygens (including phenoxy) is 1. The summed E-state index contributed by atoms with van der Waals surface area (Å²) in [4.78, 5) is 0. The lowest BCUT2D eigenvalue weighted by Crippen LogP contribution is -2.02. The zero-order valence-electron chi connectivity index (χ0n) is 8.34. The van der Waals surface area contributed by atoms with Gasteiger partial charge in [-0.1, -0.05) is 22.5 Å². The first-order valence-electron chi connectivity index (χ1n) is 4.44. The molecule has 4 heteroatoms. The third-order valence-corrected chi connectivity index (χ3v) is 2.04. The van der Waals surface area contributed by atoms with Crippen molar-refractivity contribution in [3.05, 3.63) is 40.6 Å². The van der Waals surface area contributed by atoms with E-state index < -0.39 is 11.9 Å². The summed E-state index contributed by atoms with van der Waals surface area (Å²) in [5, 5.41) is 9.42. The molecule has 1 atom stereocenters. The summed E-state index contributed by atoms with van der Waals surface area (Å²) >= 11 is 3.14. The monoisotopic (exact) mass is 274 g/mol. The molecule has 0 saturated heterocycles. The molecule has 0 bridgehead atoms. The summed E-state index contributed by atoms with van der Waals surface area (Å²) in [5.74, 6) is -0.0554. The molecule has 0 unspecified atom stereocenters. The average molecular weight is 275 g/mol. The average Bonchev–Trinajstić information content (AvgIpc) is 2.14. The van der Waals surface area contributed by atoms with Gasteiger partial charge in [0.05, 0.1) is 6.10 Å². The van der Waals surface area contributed by atoms with Gasteiger partial charge in [-0.3, -0.25) is 0 Å². The number of aliphatic hydroxyl groups is 1. The molecule has 0 fully saturated rings. The van der Waals surface area contributed by atoms with E-state index in [2.05, 4.69) is 22.5 Å². The van der Waals surface area contributed by atoms with Crippen molar-refractivity contribution in [2.45, 2.75) is 13.0 Å². The van der Waals surface area contributed by atoms with Crippen molar-refractivity contribution < 1.29 is 14.2 Å². The van der Waals surface area contributed by atoms with Crippen molar-refractivity contribution in [3.8, 4) is 5.75 Å². The molecule has 1 aromatic carbocycles. The normalized spacial score (nSPS) is 12.3. The Labute approximate surface area is 96.5 Å². The van der Waals surface area contributed by atoms with Crippen LogP contribution in [-0.4, -0.2) is 11.7 Å². The Hall–Kier alpha value is -0.870. The second kappa shape index (κ2) is 5.28. The minimum Gasteiger partial charge on any atom is -0.488 e. The van der Waals surface area contributed by atoms with Crippen LogP contribution in [0.1, 0.15) is 18.6 Å². The standard InChI is InChI=1S/C11H12BrFO2/c1-7(12)6-15-11-5-9(13)3-4-10(11)8(2)14/h3-5,8,14H,1,6H2,2H3/t8-/m1/s1. The number of benzene rings is 1. The van der Waals surface area contributed by atoms with Gasteiger partial charge in [0.2, 0.25) is 0 Å². The first kappa shape index (κ1) is 12.2. The van der Waals surface area contributed by atoms with Crippen molar-refractivity contribution in [2.75, 3.05) is 6.61 Å². The van der Waals surface area contributed by atoms with Gasteiger partial charge >= 0.3 is 0 Å². The minimum atomic E-state index is -0.691. The first-order chi connectivity index (χ1) is 7.00. The number of hydrogen-bond acceptors (Lipinski definition) is 2. The van der Waals surface area contributed by atoms with Crippen LogP contribution in [0.2, 0.25) is 0 Å². The summed E-state index contributed by atoms with van der Waals surface area (Å²) in [6, 6.07) is 4.04. The van der Waals surface area contributed by atoms with Crippen LogP contribution in [-0.2, 0) is 0 Å². The van der Waals surface area contributed by atoms with Gasteiger partial charge in [0.15, 0.2) is 0 Å². The van der Waals surface area contributed by atoms with Crippen molar-refractivity contribution >= 4 is 15.9 Å². The topological polar surface area (TPSA) is 29.5 Å². The van der Waals surface area contributed by atoms with Gasteiger partial charge in [0.25, 0.3) is 0 Å². The van der Waals surface area contributed by atoms with Gasteiger partial charge < -0.3 is 9.84 Å². The summed E-state index contributed by atoms with van der Waals surface area (Å²) in [6.45, 7) is 5.44. The SMILES string of the molecule is C=C(Br)COc1cc(F)ccc1[C@@H](C)O. The Kier molecular flexibility index (Phi) is 4.29. The van der Waals surface area contributed by atoms with E-state index in [4.69, 9.17) is 4.74 Å². The second-order valence-corrected chi connectivity index (χ2v) is 4.29. The maximum atomic E-state index is 12.9. The van der Waals surface area contributed by atoms with Crippen LogP contribution in [0.15, 0.2) is 29.3 Å². The van der Waals surface area contributed by atoms with E-state index >= 15 is 0 Å².